The Bertz CT molecular complexity index is 593. The average molecular weight is 234 g/mol. The number of nitrogens with zero attached hydrogens (tertiary/aromatic N) is 1. The van der Waals surface area contributed by atoms with Crippen molar-refractivity contribution in [2.75, 3.05) is 0 Å². The standard InChI is InChI=1S/C12H11FN2S/c1-6-3-7(2)15-11-9(6)4-8(13)5-10(11)12(14)16/h3-5H,1-2H3,(H2,14,16). The van der Waals surface area contributed by atoms with Crippen molar-refractivity contribution < 1.29 is 4.39 Å². The van der Waals surface area contributed by atoms with E-state index in [4.69, 9.17) is 18.0 Å². The summed E-state index contributed by atoms with van der Waals surface area (Å²) in [7, 11) is 0. The molecule has 2 nitrogen and oxygen atoms in total. The van der Waals surface area contributed by atoms with Gasteiger partial charge in [-0.25, -0.2) is 4.39 Å². The molecule has 0 radical (unpaired) electrons. The van der Waals surface area contributed by atoms with E-state index >= 15 is 0 Å². The quantitative estimate of drug-likeness (QED) is 0.771. The normalized spacial score (nSPS) is 10.7. The molecule has 0 aliphatic carbocycles. The molecule has 0 saturated heterocycles. The first-order valence-electron chi connectivity index (χ1n) is 4.86. The van der Waals surface area contributed by atoms with E-state index in [1.54, 1.807) is 0 Å². The van der Waals surface area contributed by atoms with Crippen LogP contribution < -0.4 is 5.73 Å². The fraction of sp³-hybridized carbons (Fsp3) is 0.167. The first-order chi connectivity index (χ1) is 7.49. The molecule has 2 rings (SSSR count). The van der Waals surface area contributed by atoms with Crippen molar-refractivity contribution >= 4 is 28.1 Å². The van der Waals surface area contributed by atoms with Crippen molar-refractivity contribution in [1.82, 2.24) is 4.98 Å². The predicted molar refractivity (Wildman–Crippen MR) is 67.1 cm³/mol. The highest BCUT2D eigenvalue weighted by Crippen LogP contribution is 2.22. The summed E-state index contributed by atoms with van der Waals surface area (Å²) in [5, 5.41) is 0.758. The Morgan fingerprint density at radius 2 is 2.00 bits per heavy atom. The van der Waals surface area contributed by atoms with Gasteiger partial charge in [-0.3, -0.25) is 4.98 Å². The smallest absolute Gasteiger partial charge is 0.124 e. The second-order valence-electron chi connectivity index (χ2n) is 3.79. The van der Waals surface area contributed by atoms with Crippen LogP contribution in [0.3, 0.4) is 0 Å². The van der Waals surface area contributed by atoms with Gasteiger partial charge in [0.15, 0.2) is 0 Å². The molecule has 4 heteroatoms. The van der Waals surface area contributed by atoms with Crippen LogP contribution in [0.5, 0.6) is 0 Å². The van der Waals surface area contributed by atoms with E-state index in [9.17, 15) is 4.39 Å². The van der Waals surface area contributed by atoms with Crippen molar-refractivity contribution in [2.45, 2.75) is 13.8 Å². The van der Waals surface area contributed by atoms with Gasteiger partial charge >= 0.3 is 0 Å². The number of thiocarbonyl (C=S) groups is 1. The summed E-state index contributed by atoms with van der Waals surface area (Å²) in [5.41, 5.74) is 8.58. The number of hydrogen-bond donors (Lipinski definition) is 1. The zero-order valence-corrected chi connectivity index (χ0v) is 9.86. The second kappa shape index (κ2) is 3.79. The first kappa shape index (κ1) is 11.0. The van der Waals surface area contributed by atoms with Gasteiger partial charge in [0.2, 0.25) is 0 Å². The lowest BCUT2D eigenvalue weighted by molar-refractivity contribution is 0.629. The van der Waals surface area contributed by atoms with Gasteiger partial charge in [-0.15, -0.1) is 0 Å². The molecule has 0 amide bonds. The number of aryl methyl sites for hydroxylation is 2. The van der Waals surface area contributed by atoms with Gasteiger partial charge in [0, 0.05) is 16.6 Å². The topological polar surface area (TPSA) is 38.9 Å². The molecule has 0 spiro atoms. The van der Waals surface area contributed by atoms with Gasteiger partial charge < -0.3 is 5.73 Å². The van der Waals surface area contributed by atoms with E-state index in [-0.39, 0.29) is 10.8 Å². The molecule has 82 valence electrons. The molecule has 0 unspecified atom stereocenters. The lowest BCUT2D eigenvalue weighted by Crippen LogP contribution is -2.11. The Morgan fingerprint density at radius 3 is 2.62 bits per heavy atom. The molecule has 1 heterocycles. The largest absolute Gasteiger partial charge is 0.389 e. The zero-order valence-electron chi connectivity index (χ0n) is 9.04. The number of fused-ring (bicyclic) bond motifs is 1. The van der Waals surface area contributed by atoms with E-state index in [1.807, 2.05) is 19.9 Å². The van der Waals surface area contributed by atoms with E-state index in [0.29, 0.717) is 11.1 Å². The minimum absolute atomic E-state index is 0.169. The third-order valence-corrected chi connectivity index (χ3v) is 2.70. The molecule has 0 atom stereocenters. The lowest BCUT2D eigenvalue weighted by atomic mass is 10.0. The summed E-state index contributed by atoms with van der Waals surface area (Å²) < 4.78 is 13.4. The first-order valence-corrected chi connectivity index (χ1v) is 5.27. The van der Waals surface area contributed by atoms with Gasteiger partial charge in [0.05, 0.1) is 5.52 Å². The van der Waals surface area contributed by atoms with Crippen LogP contribution in [0.15, 0.2) is 18.2 Å². The minimum atomic E-state index is -0.343. The van der Waals surface area contributed by atoms with Gasteiger partial charge in [0.25, 0.3) is 0 Å². The lowest BCUT2D eigenvalue weighted by Gasteiger charge is -2.08. The maximum Gasteiger partial charge on any atom is 0.124 e. The molecule has 0 aliphatic heterocycles. The average Bonchev–Trinajstić information content (AvgIpc) is 2.18. The number of aromatic nitrogens is 1. The SMILES string of the molecule is Cc1cc(C)c2cc(F)cc(C(N)=S)c2n1. The number of benzene rings is 1. The Balaban J connectivity index is 2.95. The van der Waals surface area contributed by atoms with Gasteiger partial charge in [-0.2, -0.15) is 0 Å². The minimum Gasteiger partial charge on any atom is -0.389 e. The summed E-state index contributed by atoms with van der Waals surface area (Å²) in [6.07, 6.45) is 0. The van der Waals surface area contributed by atoms with Gasteiger partial charge in [-0.05, 0) is 37.6 Å². The maximum absolute atomic E-state index is 13.4. The van der Waals surface area contributed by atoms with Crippen LogP contribution in [0.25, 0.3) is 10.9 Å². The molecule has 1 aromatic heterocycles. The van der Waals surface area contributed by atoms with Crippen LogP contribution in [-0.2, 0) is 0 Å². The molecule has 16 heavy (non-hydrogen) atoms. The molecule has 0 aliphatic rings. The van der Waals surface area contributed by atoms with Crippen LogP contribution in [0.2, 0.25) is 0 Å². The van der Waals surface area contributed by atoms with Crippen molar-refractivity contribution in [2.24, 2.45) is 5.73 Å². The van der Waals surface area contributed by atoms with E-state index in [0.717, 1.165) is 16.6 Å². The Labute approximate surface area is 98.3 Å². The van der Waals surface area contributed by atoms with Crippen molar-refractivity contribution in [3.63, 3.8) is 0 Å². The molecule has 0 saturated carbocycles. The predicted octanol–water partition coefficient (Wildman–Crippen LogP) is 2.62. The van der Waals surface area contributed by atoms with Crippen LogP contribution in [-0.4, -0.2) is 9.97 Å². The summed E-state index contributed by atoms with van der Waals surface area (Å²) in [6, 6.07) is 4.69. The van der Waals surface area contributed by atoms with Gasteiger partial charge in [0.1, 0.15) is 10.8 Å². The highest BCUT2D eigenvalue weighted by atomic mass is 32.1. The highest BCUT2D eigenvalue weighted by Gasteiger charge is 2.10. The number of hydrogen-bond acceptors (Lipinski definition) is 2. The third-order valence-electron chi connectivity index (χ3n) is 2.48. The summed E-state index contributed by atoms with van der Waals surface area (Å²) >= 11 is 4.91. The number of pyridine rings is 1. The van der Waals surface area contributed by atoms with E-state index in [2.05, 4.69) is 4.98 Å². The molecular weight excluding hydrogens is 223 g/mol. The number of nitrogens with two attached hydrogens (primary N) is 1. The molecule has 2 aromatic rings. The molecule has 2 N–H and O–H groups in total. The molecule has 0 bridgehead atoms. The fourth-order valence-corrected chi connectivity index (χ4v) is 1.96. The Kier molecular flexibility index (Phi) is 2.59. The fourth-order valence-electron chi connectivity index (χ4n) is 1.81. The monoisotopic (exact) mass is 234 g/mol. The molecule has 1 aromatic carbocycles. The van der Waals surface area contributed by atoms with Crippen molar-refractivity contribution in [3.05, 3.63) is 40.8 Å². The molecule has 0 fully saturated rings. The van der Waals surface area contributed by atoms with Crippen LogP contribution >= 0.6 is 12.2 Å². The molecular formula is C12H11FN2S. The van der Waals surface area contributed by atoms with Gasteiger partial charge in [-0.1, -0.05) is 12.2 Å². The Hall–Kier alpha value is -1.55. The van der Waals surface area contributed by atoms with Crippen LogP contribution in [0.4, 0.5) is 4.39 Å². The third kappa shape index (κ3) is 1.76. The van der Waals surface area contributed by atoms with Crippen molar-refractivity contribution in [1.29, 1.82) is 0 Å². The summed E-state index contributed by atoms with van der Waals surface area (Å²) in [6.45, 7) is 3.80. The second-order valence-corrected chi connectivity index (χ2v) is 4.23. The van der Waals surface area contributed by atoms with E-state index in [1.165, 1.54) is 12.1 Å². The number of halogens is 1. The maximum atomic E-state index is 13.4. The van der Waals surface area contributed by atoms with Crippen LogP contribution in [0.1, 0.15) is 16.8 Å². The zero-order chi connectivity index (χ0) is 11.9. The summed E-state index contributed by atoms with van der Waals surface area (Å²) in [5.74, 6) is -0.343. The van der Waals surface area contributed by atoms with Crippen molar-refractivity contribution in [3.8, 4) is 0 Å². The van der Waals surface area contributed by atoms with E-state index < -0.39 is 0 Å². The summed E-state index contributed by atoms with van der Waals surface area (Å²) in [4.78, 5) is 4.53. The Morgan fingerprint density at radius 1 is 1.31 bits per heavy atom. The van der Waals surface area contributed by atoms with Crippen LogP contribution in [0, 0.1) is 19.7 Å². The number of rotatable bonds is 1. The highest BCUT2D eigenvalue weighted by molar-refractivity contribution is 7.80.